The van der Waals surface area contributed by atoms with E-state index in [0.29, 0.717) is 6.61 Å². The summed E-state index contributed by atoms with van der Waals surface area (Å²) in [5.74, 6) is 0.849. The van der Waals surface area contributed by atoms with Crippen molar-refractivity contribution in [3.05, 3.63) is 29.8 Å². The van der Waals surface area contributed by atoms with Crippen LogP contribution in [-0.2, 0) is 4.74 Å². The lowest BCUT2D eigenvalue weighted by molar-refractivity contribution is 0.115. The van der Waals surface area contributed by atoms with Crippen LogP contribution in [0.5, 0.6) is 5.75 Å². The minimum Gasteiger partial charge on any atom is -0.491 e. The summed E-state index contributed by atoms with van der Waals surface area (Å²) < 4.78 is 10.4. The van der Waals surface area contributed by atoms with Crippen molar-refractivity contribution in [2.45, 2.75) is 32.4 Å². The summed E-state index contributed by atoms with van der Waals surface area (Å²) in [7, 11) is 0. The molecule has 1 fully saturated rings. The third-order valence-corrected chi connectivity index (χ3v) is 2.59. The van der Waals surface area contributed by atoms with Crippen LogP contribution in [0, 0.1) is 0 Å². The van der Waals surface area contributed by atoms with E-state index in [9.17, 15) is 4.79 Å². The quantitative estimate of drug-likeness (QED) is 0.876. The number of benzene rings is 1. The summed E-state index contributed by atoms with van der Waals surface area (Å²) in [6.45, 7) is 4.46. The molecule has 0 unspecified atom stereocenters. The van der Waals surface area contributed by atoms with Crippen LogP contribution in [0.3, 0.4) is 0 Å². The van der Waals surface area contributed by atoms with E-state index < -0.39 is 0 Å². The summed E-state index contributed by atoms with van der Waals surface area (Å²) >= 11 is 0. The smallest absolute Gasteiger partial charge is 0.407 e. The lowest BCUT2D eigenvalue weighted by atomic mass is 10.0. The van der Waals surface area contributed by atoms with Crippen LogP contribution in [-0.4, -0.2) is 18.8 Å². The second kappa shape index (κ2) is 5.08. The zero-order valence-corrected chi connectivity index (χ0v) is 10.1. The van der Waals surface area contributed by atoms with Gasteiger partial charge in [0.25, 0.3) is 0 Å². The molecular weight excluding hydrogens is 218 g/mol. The molecular formula is C13H17NO3. The highest BCUT2D eigenvalue weighted by Gasteiger charge is 2.20. The molecule has 1 amide bonds. The molecule has 0 aliphatic carbocycles. The summed E-state index contributed by atoms with van der Waals surface area (Å²) in [5.41, 5.74) is 1.08. The number of hydrogen-bond donors (Lipinski definition) is 1. The van der Waals surface area contributed by atoms with E-state index in [1.165, 1.54) is 0 Å². The van der Waals surface area contributed by atoms with Gasteiger partial charge in [-0.3, -0.25) is 0 Å². The molecule has 0 aromatic heterocycles. The van der Waals surface area contributed by atoms with Gasteiger partial charge in [-0.05, 0) is 31.5 Å². The molecule has 1 aromatic rings. The molecule has 1 saturated heterocycles. The van der Waals surface area contributed by atoms with Crippen LogP contribution >= 0.6 is 0 Å². The molecule has 2 rings (SSSR count). The Hall–Kier alpha value is -1.71. The van der Waals surface area contributed by atoms with Crippen molar-refractivity contribution in [1.82, 2.24) is 5.32 Å². The van der Waals surface area contributed by atoms with Crippen LogP contribution in [0.25, 0.3) is 0 Å². The molecule has 0 radical (unpaired) electrons. The highest BCUT2D eigenvalue weighted by Crippen LogP contribution is 2.23. The Kier molecular flexibility index (Phi) is 3.52. The molecule has 1 atom stereocenters. The fraction of sp³-hybridized carbons (Fsp3) is 0.462. The van der Waals surface area contributed by atoms with Gasteiger partial charge in [0.15, 0.2) is 0 Å². The number of carbonyl (C=O) groups excluding carboxylic acids is 1. The van der Waals surface area contributed by atoms with Crippen molar-refractivity contribution in [3.63, 3.8) is 0 Å². The van der Waals surface area contributed by atoms with Gasteiger partial charge < -0.3 is 14.8 Å². The van der Waals surface area contributed by atoms with Crippen molar-refractivity contribution in [1.29, 1.82) is 0 Å². The van der Waals surface area contributed by atoms with Gasteiger partial charge in [-0.1, -0.05) is 12.1 Å². The Morgan fingerprint density at radius 3 is 2.65 bits per heavy atom. The van der Waals surface area contributed by atoms with Gasteiger partial charge in [-0.15, -0.1) is 0 Å². The fourth-order valence-electron chi connectivity index (χ4n) is 1.83. The number of amides is 1. The number of alkyl carbamates (subject to hydrolysis) is 1. The third kappa shape index (κ3) is 3.12. The van der Waals surface area contributed by atoms with Crippen LogP contribution < -0.4 is 10.1 Å². The Balaban J connectivity index is 2.04. The van der Waals surface area contributed by atoms with Gasteiger partial charge in [0.2, 0.25) is 0 Å². The molecule has 4 nitrogen and oxygen atoms in total. The van der Waals surface area contributed by atoms with E-state index in [1.807, 2.05) is 38.1 Å². The summed E-state index contributed by atoms with van der Waals surface area (Å²) in [6, 6.07) is 7.86. The van der Waals surface area contributed by atoms with Gasteiger partial charge in [-0.2, -0.15) is 0 Å². The summed E-state index contributed by atoms with van der Waals surface area (Å²) in [4.78, 5) is 11.1. The molecule has 1 aliphatic rings. The number of carbonyl (C=O) groups is 1. The topological polar surface area (TPSA) is 47.6 Å². The van der Waals surface area contributed by atoms with Crippen molar-refractivity contribution >= 4 is 6.09 Å². The number of hydrogen-bond acceptors (Lipinski definition) is 3. The maximum Gasteiger partial charge on any atom is 0.407 e. The molecule has 4 heteroatoms. The van der Waals surface area contributed by atoms with Gasteiger partial charge in [0.05, 0.1) is 18.8 Å². The standard InChI is InChI=1S/C13H17NO3/c1-9(2)17-11-5-3-10(4-6-11)12-7-8-16-13(15)14-12/h3-6,9,12H,7-8H2,1-2H3,(H,14,15)/t12-/m0/s1. The van der Waals surface area contributed by atoms with Crippen LogP contribution in [0.2, 0.25) is 0 Å². The number of nitrogens with one attached hydrogen (secondary N) is 1. The SMILES string of the molecule is CC(C)Oc1ccc([C@@H]2CCOC(=O)N2)cc1. The first-order valence-electron chi connectivity index (χ1n) is 5.85. The second-order valence-electron chi connectivity index (χ2n) is 4.36. The molecule has 0 saturated carbocycles. The minimum atomic E-state index is -0.344. The highest BCUT2D eigenvalue weighted by atomic mass is 16.5. The number of rotatable bonds is 3. The molecule has 1 aliphatic heterocycles. The zero-order chi connectivity index (χ0) is 12.3. The predicted molar refractivity (Wildman–Crippen MR) is 64.0 cm³/mol. The first-order valence-corrected chi connectivity index (χ1v) is 5.85. The lowest BCUT2D eigenvalue weighted by Crippen LogP contribution is -2.35. The van der Waals surface area contributed by atoms with Crippen LogP contribution in [0.4, 0.5) is 4.79 Å². The van der Waals surface area contributed by atoms with Gasteiger partial charge >= 0.3 is 6.09 Å². The van der Waals surface area contributed by atoms with Crippen molar-refractivity contribution in [2.24, 2.45) is 0 Å². The first-order chi connectivity index (χ1) is 8.15. The largest absolute Gasteiger partial charge is 0.491 e. The van der Waals surface area contributed by atoms with E-state index in [1.54, 1.807) is 0 Å². The maximum atomic E-state index is 11.1. The van der Waals surface area contributed by atoms with Crippen molar-refractivity contribution in [2.75, 3.05) is 6.61 Å². The molecule has 92 valence electrons. The average Bonchev–Trinajstić information content (AvgIpc) is 2.29. The maximum absolute atomic E-state index is 11.1. The van der Waals surface area contributed by atoms with E-state index >= 15 is 0 Å². The normalized spacial score (nSPS) is 19.7. The average molecular weight is 235 g/mol. The van der Waals surface area contributed by atoms with Crippen molar-refractivity contribution < 1.29 is 14.3 Å². The first kappa shape index (κ1) is 11.8. The molecule has 0 spiro atoms. The Bertz CT molecular complexity index is 386. The number of cyclic esters (lactones) is 1. The molecule has 1 heterocycles. The van der Waals surface area contributed by atoms with E-state index in [0.717, 1.165) is 17.7 Å². The number of ether oxygens (including phenoxy) is 2. The predicted octanol–water partition coefficient (Wildman–Crippen LogP) is 2.64. The van der Waals surface area contributed by atoms with Gasteiger partial charge in [-0.25, -0.2) is 4.79 Å². The highest BCUT2D eigenvalue weighted by molar-refractivity contribution is 5.68. The van der Waals surface area contributed by atoms with Crippen LogP contribution in [0.1, 0.15) is 31.9 Å². The second-order valence-corrected chi connectivity index (χ2v) is 4.36. The fourth-order valence-corrected chi connectivity index (χ4v) is 1.83. The zero-order valence-electron chi connectivity index (χ0n) is 10.1. The Labute approximate surface area is 101 Å². The lowest BCUT2D eigenvalue weighted by Gasteiger charge is -2.23. The van der Waals surface area contributed by atoms with Crippen LogP contribution in [0.15, 0.2) is 24.3 Å². The summed E-state index contributed by atoms with van der Waals surface area (Å²) in [5, 5.41) is 2.79. The third-order valence-electron chi connectivity index (χ3n) is 2.59. The minimum absolute atomic E-state index is 0.0457. The molecule has 17 heavy (non-hydrogen) atoms. The monoisotopic (exact) mass is 235 g/mol. The van der Waals surface area contributed by atoms with E-state index in [2.05, 4.69) is 5.32 Å². The van der Waals surface area contributed by atoms with Crippen molar-refractivity contribution in [3.8, 4) is 5.75 Å². The Morgan fingerprint density at radius 1 is 1.35 bits per heavy atom. The Morgan fingerprint density at radius 2 is 2.06 bits per heavy atom. The van der Waals surface area contributed by atoms with Gasteiger partial charge in [0, 0.05) is 6.42 Å². The molecule has 0 bridgehead atoms. The molecule has 1 N–H and O–H groups in total. The van der Waals surface area contributed by atoms with E-state index in [-0.39, 0.29) is 18.2 Å². The summed E-state index contributed by atoms with van der Waals surface area (Å²) in [6.07, 6.45) is 0.628. The van der Waals surface area contributed by atoms with Gasteiger partial charge in [0.1, 0.15) is 5.75 Å². The molecule has 1 aromatic carbocycles. The van der Waals surface area contributed by atoms with E-state index in [4.69, 9.17) is 9.47 Å².